The molecule has 0 aliphatic carbocycles. The van der Waals surface area contributed by atoms with Crippen LogP contribution in [-0.4, -0.2) is 15.1 Å². The Kier molecular flexibility index (Phi) is 4.84. The van der Waals surface area contributed by atoms with Crippen LogP contribution in [0.5, 0.6) is 5.88 Å². The standard InChI is InChI=1S/C15H18N2O2S/c1-3-10(2)12-6-4-11(5-7-12)9-20-15-16-13(18)8-14(19)17-15/h4-8,10H,3,9H2,1-2H3,(H2,16,17,18,19). The zero-order chi connectivity index (χ0) is 14.5. The van der Waals surface area contributed by atoms with Crippen LogP contribution in [0, 0.1) is 0 Å². The van der Waals surface area contributed by atoms with Crippen molar-refractivity contribution in [2.24, 2.45) is 0 Å². The highest BCUT2D eigenvalue weighted by Crippen LogP contribution is 2.22. The number of hydrogen-bond donors (Lipinski definition) is 2. The Labute approximate surface area is 122 Å². The van der Waals surface area contributed by atoms with Crippen molar-refractivity contribution in [3.63, 3.8) is 0 Å². The first-order valence-electron chi connectivity index (χ1n) is 6.60. The van der Waals surface area contributed by atoms with Crippen molar-refractivity contribution in [3.8, 4) is 5.88 Å². The number of aromatic amines is 1. The Morgan fingerprint density at radius 1 is 1.35 bits per heavy atom. The summed E-state index contributed by atoms with van der Waals surface area (Å²) in [6, 6.07) is 9.53. The van der Waals surface area contributed by atoms with E-state index in [0.717, 1.165) is 18.1 Å². The Balaban J connectivity index is 2.02. The van der Waals surface area contributed by atoms with E-state index in [9.17, 15) is 9.90 Å². The van der Waals surface area contributed by atoms with Gasteiger partial charge in [-0.3, -0.25) is 4.79 Å². The Morgan fingerprint density at radius 3 is 2.65 bits per heavy atom. The van der Waals surface area contributed by atoms with Crippen molar-refractivity contribution in [2.75, 3.05) is 0 Å². The van der Waals surface area contributed by atoms with Gasteiger partial charge in [-0.2, -0.15) is 4.98 Å². The summed E-state index contributed by atoms with van der Waals surface area (Å²) in [4.78, 5) is 17.7. The monoisotopic (exact) mass is 290 g/mol. The number of thioether (sulfide) groups is 1. The van der Waals surface area contributed by atoms with Gasteiger partial charge in [0.1, 0.15) is 0 Å². The van der Waals surface area contributed by atoms with Gasteiger partial charge in [0, 0.05) is 5.75 Å². The number of aromatic hydroxyl groups is 1. The lowest BCUT2D eigenvalue weighted by atomic mass is 9.98. The second kappa shape index (κ2) is 6.61. The quantitative estimate of drug-likeness (QED) is 0.655. The molecule has 0 fully saturated rings. The predicted octanol–water partition coefficient (Wildman–Crippen LogP) is 3.28. The molecule has 1 heterocycles. The van der Waals surface area contributed by atoms with E-state index in [1.54, 1.807) is 0 Å². The minimum Gasteiger partial charge on any atom is -0.493 e. The smallest absolute Gasteiger partial charge is 0.255 e. The van der Waals surface area contributed by atoms with Gasteiger partial charge in [-0.15, -0.1) is 0 Å². The van der Waals surface area contributed by atoms with Crippen LogP contribution >= 0.6 is 11.8 Å². The molecule has 2 N–H and O–H groups in total. The van der Waals surface area contributed by atoms with Gasteiger partial charge in [-0.1, -0.05) is 49.9 Å². The van der Waals surface area contributed by atoms with E-state index in [1.807, 2.05) is 0 Å². The zero-order valence-corrected chi connectivity index (χ0v) is 12.4. The third kappa shape index (κ3) is 3.87. The van der Waals surface area contributed by atoms with Crippen LogP contribution in [0.4, 0.5) is 0 Å². The highest BCUT2D eigenvalue weighted by molar-refractivity contribution is 7.98. The molecular weight excluding hydrogens is 272 g/mol. The third-order valence-electron chi connectivity index (χ3n) is 3.24. The molecule has 0 bridgehead atoms. The SMILES string of the molecule is CCC(C)c1ccc(CSc2nc(O)cc(=O)[nH]2)cc1. The molecule has 106 valence electrons. The third-order valence-corrected chi connectivity index (χ3v) is 4.19. The first-order valence-corrected chi connectivity index (χ1v) is 7.59. The van der Waals surface area contributed by atoms with Gasteiger partial charge < -0.3 is 10.1 Å². The van der Waals surface area contributed by atoms with Gasteiger partial charge >= 0.3 is 0 Å². The van der Waals surface area contributed by atoms with Crippen molar-refractivity contribution in [2.45, 2.75) is 37.1 Å². The Hall–Kier alpha value is -1.75. The molecule has 0 amide bonds. The van der Waals surface area contributed by atoms with E-state index in [2.05, 4.69) is 48.1 Å². The maximum Gasteiger partial charge on any atom is 0.255 e. The minimum absolute atomic E-state index is 0.247. The summed E-state index contributed by atoms with van der Waals surface area (Å²) >= 11 is 1.40. The number of H-pyrrole nitrogens is 1. The molecule has 0 aliphatic heterocycles. The highest BCUT2D eigenvalue weighted by atomic mass is 32.2. The molecule has 2 aromatic rings. The summed E-state index contributed by atoms with van der Waals surface area (Å²) in [6.45, 7) is 4.39. The van der Waals surface area contributed by atoms with Gasteiger partial charge in [0.25, 0.3) is 5.56 Å². The molecule has 1 unspecified atom stereocenters. The van der Waals surface area contributed by atoms with Crippen LogP contribution in [0.3, 0.4) is 0 Å². The first-order chi connectivity index (χ1) is 9.58. The highest BCUT2D eigenvalue weighted by Gasteiger charge is 2.04. The molecule has 0 saturated heterocycles. The van der Waals surface area contributed by atoms with Crippen LogP contribution in [0.15, 0.2) is 40.3 Å². The summed E-state index contributed by atoms with van der Waals surface area (Å²) in [7, 11) is 0. The number of nitrogens with zero attached hydrogens (tertiary/aromatic N) is 1. The second-order valence-electron chi connectivity index (χ2n) is 4.75. The maximum atomic E-state index is 11.2. The van der Waals surface area contributed by atoms with Crippen molar-refractivity contribution in [3.05, 3.63) is 51.8 Å². The topological polar surface area (TPSA) is 66.0 Å². The van der Waals surface area contributed by atoms with Crippen LogP contribution in [-0.2, 0) is 5.75 Å². The van der Waals surface area contributed by atoms with Crippen LogP contribution in [0.2, 0.25) is 0 Å². The average molecular weight is 290 g/mol. The lowest BCUT2D eigenvalue weighted by molar-refractivity contribution is 0.444. The predicted molar refractivity (Wildman–Crippen MR) is 81.2 cm³/mol. The molecule has 0 saturated carbocycles. The summed E-state index contributed by atoms with van der Waals surface area (Å²) in [5.74, 6) is 1.02. The van der Waals surface area contributed by atoms with Crippen molar-refractivity contribution >= 4 is 11.8 Å². The summed E-state index contributed by atoms with van der Waals surface area (Å²) in [5, 5.41) is 9.70. The number of aromatic nitrogens is 2. The number of benzene rings is 1. The van der Waals surface area contributed by atoms with Gasteiger partial charge in [-0.05, 0) is 23.5 Å². The van der Waals surface area contributed by atoms with Crippen molar-refractivity contribution < 1.29 is 5.11 Å². The summed E-state index contributed by atoms with van der Waals surface area (Å²) in [5.41, 5.74) is 2.16. The summed E-state index contributed by atoms with van der Waals surface area (Å²) in [6.07, 6.45) is 1.13. The Bertz CT molecular complexity index is 623. The van der Waals surface area contributed by atoms with E-state index in [1.165, 1.54) is 17.3 Å². The Morgan fingerprint density at radius 2 is 2.05 bits per heavy atom. The first kappa shape index (κ1) is 14.7. The van der Waals surface area contributed by atoms with E-state index in [0.29, 0.717) is 16.8 Å². The molecule has 0 radical (unpaired) electrons. The van der Waals surface area contributed by atoms with Crippen LogP contribution < -0.4 is 5.56 Å². The normalized spacial score (nSPS) is 12.3. The van der Waals surface area contributed by atoms with Crippen molar-refractivity contribution in [1.82, 2.24) is 9.97 Å². The number of hydrogen-bond acceptors (Lipinski definition) is 4. The maximum absolute atomic E-state index is 11.2. The molecule has 4 nitrogen and oxygen atoms in total. The van der Waals surface area contributed by atoms with Crippen LogP contribution in [0.25, 0.3) is 0 Å². The van der Waals surface area contributed by atoms with E-state index in [4.69, 9.17) is 0 Å². The van der Waals surface area contributed by atoms with Gasteiger partial charge in [0.15, 0.2) is 5.16 Å². The molecule has 1 atom stereocenters. The molecule has 5 heteroatoms. The van der Waals surface area contributed by atoms with Crippen molar-refractivity contribution in [1.29, 1.82) is 0 Å². The summed E-state index contributed by atoms with van der Waals surface area (Å²) < 4.78 is 0. The molecule has 20 heavy (non-hydrogen) atoms. The molecular formula is C15H18N2O2S. The van der Waals surface area contributed by atoms with E-state index >= 15 is 0 Å². The van der Waals surface area contributed by atoms with Gasteiger partial charge in [0.05, 0.1) is 6.07 Å². The lowest BCUT2D eigenvalue weighted by Gasteiger charge is -2.09. The van der Waals surface area contributed by atoms with E-state index in [-0.39, 0.29) is 11.4 Å². The van der Waals surface area contributed by atoms with Crippen LogP contribution in [0.1, 0.15) is 37.3 Å². The molecule has 2 rings (SSSR count). The van der Waals surface area contributed by atoms with Gasteiger partial charge in [-0.25, -0.2) is 0 Å². The fraction of sp³-hybridized carbons (Fsp3) is 0.333. The minimum atomic E-state index is -0.341. The fourth-order valence-corrected chi connectivity index (χ4v) is 2.65. The van der Waals surface area contributed by atoms with E-state index < -0.39 is 0 Å². The van der Waals surface area contributed by atoms with Gasteiger partial charge in [0.2, 0.25) is 5.88 Å². The lowest BCUT2D eigenvalue weighted by Crippen LogP contribution is -2.06. The molecule has 0 spiro atoms. The molecule has 0 aliphatic rings. The number of rotatable bonds is 5. The molecule has 1 aromatic heterocycles. The zero-order valence-electron chi connectivity index (χ0n) is 11.6. The number of nitrogens with one attached hydrogen (secondary N) is 1. The average Bonchev–Trinajstić information content (AvgIpc) is 2.44. The second-order valence-corrected chi connectivity index (χ2v) is 5.71. The fourth-order valence-electron chi connectivity index (χ4n) is 1.82. The largest absolute Gasteiger partial charge is 0.493 e. The molecule has 1 aromatic carbocycles.